The van der Waals surface area contributed by atoms with Crippen LogP contribution in [0.2, 0.25) is 0 Å². The molecule has 2 atom stereocenters. The predicted octanol–water partition coefficient (Wildman–Crippen LogP) is 4.27. The molecule has 154 valence electrons. The summed E-state index contributed by atoms with van der Waals surface area (Å²) in [4.78, 5) is 24.1. The zero-order valence-electron chi connectivity index (χ0n) is 15.5. The summed E-state index contributed by atoms with van der Waals surface area (Å²) in [6.45, 7) is 0.485. The number of carboxylic acids is 1. The van der Waals surface area contributed by atoms with E-state index in [9.17, 15) is 23.5 Å². The Morgan fingerprint density at radius 1 is 1.25 bits per heavy atom. The van der Waals surface area contributed by atoms with Crippen LogP contribution in [0.4, 0.5) is 13.6 Å². The van der Waals surface area contributed by atoms with Gasteiger partial charge in [-0.05, 0) is 12.8 Å². The lowest BCUT2D eigenvalue weighted by molar-refractivity contribution is -0.137. The second kappa shape index (κ2) is 10.6. The topological polar surface area (TPSA) is 77.8 Å². The fraction of sp³-hybridized carbons (Fsp3) is 0.500. The lowest BCUT2D eigenvalue weighted by atomic mass is 10.0. The van der Waals surface area contributed by atoms with E-state index in [1.807, 2.05) is 0 Å². The molecule has 1 aromatic rings. The molecule has 1 heterocycles. The van der Waals surface area contributed by atoms with E-state index in [1.165, 1.54) is 30.3 Å². The molecule has 1 aliphatic rings. The fourth-order valence-corrected chi connectivity index (χ4v) is 3.98. The number of alkyl halides is 2. The van der Waals surface area contributed by atoms with Gasteiger partial charge in [0.15, 0.2) is 0 Å². The molecule has 1 fully saturated rings. The number of hydrogen-bond acceptors (Lipinski definition) is 4. The maximum absolute atomic E-state index is 14.3. The van der Waals surface area contributed by atoms with Crippen molar-refractivity contribution in [1.82, 2.24) is 4.90 Å². The Hall–Kier alpha value is -1.93. The minimum Gasteiger partial charge on any atom is -0.481 e. The molecular weight excluding hydrogens is 388 g/mol. The lowest BCUT2D eigenvalue weighted by Crippen LogP contribution is -2.34. The molecule has 28 heavy (non-hydrogen) atoms. The zero-order valence-corrected chi connectivity index (χ0v) is 16.3. The van der Waals surface area contributed by atoms with Gasteiger partial charge in [-0.25, -0.2) is 0 Å². The maximum Gasteiger partial charge on any atom is 0.303 e. The first-order valence-electron chi connectivity index (χ1n) is 9.27. The number of carboxylic acid groups (broad SMARTS) is 1. The van der Waals surface area contributed by atoms with E-state index in [0.717, 1.165) is 37.1 Å². The Labute approximate surface area is 167 Å². The molecule has 2 N–H and O–H groups in total. The number of amides is 1. The molecule has 0 saturated carbocycles. The van der Waals surface area contributed by atoms with Gasteiger partial charge in [0.05, 0.1) is 6.04 Å². The van der Waals surface area contributed by atoms with Gasteiger partial charge in [0.1, 0.15) is 6.10 Å². The lowest BCUT2D eigenvalue weighted by Gasteiger charge is -2.23. The van der Waals surface area contributed by atoms with Crippen molar-refractivity contribution in [2.75, 3.05) is 12.3 Å². The van der Waals surface area contributed by atoms with Crippen molar-refractivity contribution in [3.63, 3.8) is 0 Å². The van der Waals surface area contributed by atoms with Crippen molar-refractivity contribution in [3.05, 3.63) is 48.0 Å². The van der Waals surface area contributed by atoms with Crippen molar-refractivity contribution in [2.24, 2.45) is 0 Å². The smallest absolute Gasteiger partial charge is 0.303 e. The van der Waals surface area contributed by atoms with Gasteiger partial charge in [-0.1, -0.05) is 67.1 Å². The van der Waals surface area contributed by atoms with E-state index in [0.29, 0.717) is 18.7 Å². The van der Waals surface area contributed by atoms with Crippen LogP contribution in [0.1, 0.15) is 37.7 Å². The van der Waals surface area contributed by atoms with Gasteiger partial charge in [0, 0.05) is 24.3 Å². The Bertz CT molecular complexity index is 684. The third-order valence-electron chi connectivity index (χ3n) is 4.60. The standard InChI is InChI=1S/C20H25F2NO4S/c21-20(22,15-8-4-3-5-9-15)17(24)12-11-16-14-28-19(27)23(16)13-7-2-1-6-10-18(25)26/h3-5,8-9,11-12,16-17,24H,1-2,6-7,10,13-14H2,(H,25,26). The largest absolute Gasteiger partial charge is 0.481 e. The van der Waals surface area contributed by atoms with Crippen molar-refractivity contribution in [2.45, 2.75) is 50.2 Å². The number of unbranched alkanes of at least 4 members (excludes halogenated alkanes) is 3. The van der Waals surface area contributed by atoms with Crippen LogP contribution in [-0.2, 0) is 10.7 Å². The molecule has 5 nitrogen and oxygen atoms in total. The Kier molecular flexibility index (Phi) is 8.44. The molecule has 2 rings (SSSR count). The summed E-state index contributed by atoms with van der Waals surface area (Å²) >= 11 is 1.13. The average molecular weight is 413 g/mol. The monoisotopic (exact) mass is 413 g/mol. The highest BCUT2D eigenvalue weighted by atomic mass is 32.2. The number of halogens is 2. The van der Waals surface area contributed by atoms with E-state index in [2.05, 4.69) is 0 Å². The molecule has 0 spiro atoms. The number of carbonyl (C=O) groups excluding carboxylic acids is 1. The van der Waals surface area contributed by atoms with Crippen molar-refractivity contribution in [1.29, 1.82) is 0 Å². The maximum atomic E-state index is 14.3. The number of benzene rings is 1. The van der Waals surface area contributed by atoms with Gasteiger partial charge in [0.2, 0.25) is 0 Å². The number of aliphatic hydroxyl groups is 1. The number of aliphatic carboxylic acids is 1. The summed E-state index contributed by atoms with van der Waals surface area (Å²) in [7, 11) is 0. The Balaban J connectivity index is 1.87. The first-order chi connectivity index (χ1) is 13.3. The molecule has 0 radical (unpaired) electrons. The molecule has 1 aromatic carbocycles. The van der Waals surface area contributed by atoms with Gasteiger partial charge < -0.3 is 15.1 Å². The quantitative estimate of drug-likeness (QED) is 0.419. The zero-order chi connectivity index (χ0) is 20.6. The van der Waals surface area contributed by atoms with Crippen LogP contribution in [0.25, 0.3) is 0 Å². The van der Waals surface area contributed by atoms with Crippen molar-refractivity contribution < 1.29 is 28.6 Å². The molecule has 0 aliphatic carbocycles. The third-order valence-corrected chi connectivity index (χ3v) is 5.59. The second-order valence-electron chi connectivity index (χ2n) is 6.71. The van der Waals surface area contributed by atoms with Crippen molar-refractivity contribution >= 4 is 23.0 Å². The van der Waals surface area contributed by atoms with E-state index in [4.69, 9.17) is 5.11 Å². The average Bonchev–Trinajstić information content (AvgIpc) is 3.02. The number of nitrogens with zero attached hydrogens (tertiary/aromatic N) is 1. The molecule has 0 aromatic heterocycles. The second-order valence-corrected chi connectivity index (χ2v) is 7.69. The number of hydrogen-bond donors (Lipinski definition) is 2. The van der Waals surface area contributed by atoms with Gasteiger partial charge in [-0.2, -0.15) is 8.78 Å². The van der Waals surface area contributed by atoms with Gasteiger partial charge in [0.25, 0.3) is 5.24 Å². The Morgan fingerprint density at radius 3 is 2.61 bits per heavy atom. The SMILES string of the molecule is O=C(O)CCCCCCN1C(=O)SCC1C=CC(O)C(F)(F)c1ccccc1. The normalized spacial score (nSPS) is 18.8. The molecule has 1 saturated heterocycles. The van der Waals surface area contributed by atoms with Crippen LogP contribution in [0.15, 0.2) is 42.5 Å². The minimum atomic E-state index is -3.41. The number of aliphatic hydroxyl groups excluding tert-OH is 1. The molecule has 2 unspecified atom stereocenters. The first kappa shape index (κ1) is 22.4. The van der Waals surface area contributed by atoms with Crippen LogP contribution in [0.3, 0.4) is 0 Å². The van der Waals surface area contributed by atoms with Crippen LogP contribution < -0.4 is 0 Å². The molecular formula is C20H25F2NO4S. The van der Waals surface area contributed by atoms with Crippen molar-refractivity contribution in [3.8, 4) is 0 Å². The molecule has 0 bridgehead atoms. The third kappa shape index (κ3) is 6.31. The van der Waals surface area contributed by atoms with E-state index < -0.39 is 18.0 Å². The summed E-state index contributed by atoms with van der Waals surface area (Å²) in [5.41, 5.74) is -0.262. The summed E-state index contributed by atoms with van der Waals surface area (Å²) in [5.74, 6) is -3.78. The van der Waals surface area contributed by atoms with E-state index >= 15 is 0 Å². The summed E-state index contributed by atoms with van der Waals surface area (Å²) in [5, 5.41) is 18.5. The van der Waals surface area contributed by atoms with Crippen LogP contribution in [-0.4, -0.2) is 50.8 Å². The fourth-order valence-electron chi connectivity index (χ4n) is 2.98. The van der Waals surface area contributed by atoms with Gasteiger partial charge in [-0.15, -0.1) is 0 Å². The Morgan fingerprint density at radius 2 is 1.93 bits per heavy atom. The highest BCUT2D eigenvalue weighted by Crippen LogP contribution is 2.33. The first-order valence-corrected chi connectivity index (χ1v) is 10.3. The summed E-state index contributed by atoms with van der Waals surface area (Å²) in [6, 6.07) is 6.81. The van der Waals surface area contributed by atoms with Crippen LogP contribution >= 0.6 is 11.8 Å². The van der Waals surface area contributed by atoms with Gasteiger partial charge >= 0.3 is 11.9 Å². The number of carbonyl (C=O) groups is 2. The van der Waals surface area contributed by atoms with Crippen LogP contribution in [0, 0.1) is 0 Å². The molecule has 1 aliphatic heterocycles. The summed E-state index contributed by atoms with van der Waals surface area (Å²) in [6.07, 6.45) is 3.59. The van der Waals surface area contributed by atoms with Gasteiger partial charge in [-0.3, -0.25) is 9.59 Å². The number of rotatable bonds is 11. The van der Waals surface area contributed by atoms with E-state index in [-0.39, 0.29) is 23.3 Å². The number of thioether (sulfide) groups is 1. The molecule has 8 heteroatoms. The van der Waals surface area contributed by atoms with Crippen LogP contribution in [0.5, 0.6) is 0 Å². The predicted molar refractivity (Wildman–Crippen MR) is 105 cm³/mol. The summed E-state index contributed by atoms with van der Waals surface area (Å²) < 4.78 is 28.7. The minimum absolute atomic E-state index is 0.107. The molecule has 1 amide bonds. The van der Waals surface area contributed by atoms with E-state index in [1.54, 1.807) is 11.0 Å². The highest BCUT2D eigenvalue weighted by Gasteiger charge is 2.39. The highest BCUT2D eigenvalue weighted by molar-refractivity contribution is 8.13.